The highest BCUT2D eigenvalue weighted by Gasteiger charge is 2.31. The van der Waals surface area contributed by atoms with E-state index in [0.717, 1.165) is 4.90 Å². The summed E-state index contributed by atoms with van der Waals surface area (Å²) in [4.78, 5) is 3.19. The molecule has 4 rings (SSSR count). The summed E-state index contributed by atoms with van der Waals surface area (Å²) >= 11 is 0. The van der Waals surface area contributed by atoms with E-state index in [2.05, 4.69) is 24.3 Å². The summed E-state index contributed by atoms with van der Waals surface area (Å²) in [6, 6.07) is 34.0. The topological polar surface area (TPSA) is 63.6 Å². The van der Waals surface area contributed by atoms with Gasteiger partial charge in [0, 0.05) is 0 Å². The van der Waals surface area contributed by atoms with Crippen LogP contribution in [0.2, 0.25) is 0 Å². The highest BCUT2D eigenvalue weighted by molar-refractivity contribution is 7.97. The van der Waals surface area contributed by atoms with Gasteiger partial charge in [0.2, 0.25) is 4.90 Å². The van der Waals surface area contributed by atoms with Crippen LogP contribution in [0.25, 0.3) is 0 Å². The van der Waals surface area contributed by atoms with Crippen molar-refractivity contribution in [2.45, 2.75) is 19.6 Å². The highest BCUT2D eigenvalue weighted by Crippen LogP contribution is 2.38. The molecule has 0 bridgehead atoms. The van der Waals surface area contributed by atoms with E-state index in [1.807, 2.05) is 60.7 Å². The van der Waals surface area contributed by atoms with Gasteiger partial charge in [0.05, 0.1) is 4.90 Å². The molecule has 4 nitrogen and oxygen atoms in total. The molecule has 30 heavy (non-hydrogen) atoms. The van der Waals surface area contributed by atoms with Gasteiger partial charge >= 0.3 is 0 Å². The largest absolute Gasteiger partial charge is 0.452 e. The molecule has 0 saturated heterocycles. The van der Waals surface area contributed by atoms with Crippen LogP contribution in [0.15, 0.2) is 129 Å². The Bertz CT molecular complexity index is 1180. The molecular formula is C24H19O4S2+. The van der Waals surface area contributed by atoms with Crippen molar-refractivity contribution in [3.63, 3.8) is 0 Å². The molecule has 0 aromatic heterocycles. The van der Waals surface area contributed by atoms with Gasteiger partial charge < -0.3 is 4.74 Å². The fourth-order valence-corrected chi connectivity index (χ4v) is 5.66. The van der Waals surface area contributed by atoms with Crippen molar-refractivity contribution in [2.24, 2.45) is 0 Å². The predicted molar refractivity (Wildman–Crippen MR) is 118 cm³/mol. The molecule has 0 spiro atoms. The molecule has 0 aliphatic heterocycles. The third-order valence-electron chi connectivity index (χ3n) is 4.38. The Labute approximate surface area is 178 Å². The predicted octanol–water partition coefficient (Wildman–Crippen LogP) is 5.82. The standard InChI is InChI=1S/C24H18O4S2/c25-30(26,27)22-17-15-19(16-18-22)28-23-13-7-8-14-24(23)29(20-9-3-1-4-10-20)21-11-5-2-6-12-21/h1-18H/p+1. The summed E-state index contributed by atoms with van der Waals surface area (Å²) in [5.74, 6) is 1.17. The highest BCUT2D eigenvalue weighted by atomic mass is 32.2. The first kappa shape index (κ1) is 20.2. The SMILES string of the molecule is O=S(=O)(O)c1ccc(Oc2ccccc2[S+](c2ccccc2)c2ccccc2)cc1. The average molecular weight is 436 g/mol. The zero-order valence-electron chi connectivity index (χ0n) is 15.9. The second kappa shape index (κ2) is 8.75. The maximum absolute atomic E-state index is 11.3. The van der Waals surface area contributed by atoms with E-state index >= 15 is 0 Å². The van der Waals surface area contributed by atoms with E-state index in [9.17, 15) is 13.0 Å². The number of rotatable bonds is 6. The van der Waals surface area contributed by atoms with Crippen molar-refractivity contribution in [3.05, 3.63) is 109 Å². The van der Waals surface area contributed by atoms with Crippen molar-refractivity contribution < 1.29 is 17.7 Å². The lowest BCUT2D eigenvalue weighted by Crippen LogP contribution is -2.06. The number of hydrogen-bond donors (Lipinski definition) is 1. The van der Waals surface area contributed by atoms with Crippen LogP contribution in [0.5, 0.6) is 11.5 Å². The second-order valence-corrected chi connectivity index (χ2v) is 9.84. The van der Waals surface area contributed by atoms with Gasteiger partial charge in [0.1, 0.15) is 16.6 Å². The first-order valence-electron chi connectivity index (χ1n) is 9.21. The molecular weight excluding hydrogens is 416 g/mol. The molecule has 150 valence electrons. The van der Waals surface area contributed by atoms with Crippen LogP contribution in [0.4, 0.5) is 0 Å². The number of hydrogen-bond acceptors (Lipinski definition) is 3. The summed E-state index contributed by atoms with van der Waals surface area (Å²) in [5, 5.41) is 0. The van der Waals surface area contributed by atoms with Crippen molar-refractivity contribution >= 4 is 21.0 Å². The molecule has 0 aliphatic carbocycles. The number of ether oxygens (including phenoxy) is 1. The lowest BCUT2D eigenvalue weighted by Gasteiger charge is -2.13. The van der Waals surface area contributed by atoms with Gasteiger partial charge in [-0.2, -0.15) is 8.42 Å². The summed E-state index contributed by atoms with van der Waals surface area (Å²) in [6.07, 6.45) is 0. The molecule has 0 atom stereocenters. The molecule has 0 radical (unpaired) electrons. The molecule has 4 aromatic rings. The van der Waals surface area contributed by atoms with Crippen LogP contribution in [0, 0.1) is 0 Å². The average Bonchev–Trinajstić information content (AvgIpc) is 2.76. The Hall–Kier alpha value is -3.06. The zero-order valence-corrected chi connectivity index (χ0v) is 17.5. The normalized spacial score (nSPS) is 11.4. The fourth-order valence-electron chi connectivity index (χ4n) is 3.01. The van der Waals surface area contributed by atoms with E-state index in [1.54, 1.807) is 0 Å². The zero-order chi connectivity index (χ0) is 21.0. The van der Waals surface area contributed by atoms with Crippen molar-refractivity contribution in [2.75, 3.05) is 0 Å². The minimum absolute atomic E-state index is 0.170. The van der Waals surface area contributed by atoms with E-state index in [1.165, 1.54) is 34.1 Å². The molecule has 0 fully saturated rings. The van der Waals surface area contributed by atoms with E-state index < -0.39 is 10.1 Å². The van der Waals surface area contributed by atoms with Crippen LogP contribution in [-0.4, -0.2) is 13.0 Å². The lowest BCUT2D eigenvalue weighted by atomic mass is 10.3. The molecule has 1 N–H and O–H groups in total. The summed E-state index contributed by atoms with van der Waals surface area (Å²) in [7, 11) is -4.62. The van der Waals surface area contributed by atoms with Crippen molar-refractivity contribution in [1.82, 2.24) is 0 Å². The van der Waals surface area contributed by atoms with Crippen molar-refractivity contribution in [1.29, 1.82) is 0 Å². The van der Waals surface area contributed by atoms with Gasteiger partial charge in [-0.05, 0) is 60.7 Å². The molecule has 0 amide bonds. The Kier molecular flexibility index (Phi) is 5.90. The van der Waals surface area contributed by atoms with E-state index in [4.69, 9.17) is 4.74 Å². The van der Waals surface area contributed by atoms with Gasteiger partial charge in [-0.15, -0.1) is 0 Å². The van der Waals surface area contributed by atoms with Gasteiger partial charge in [0.15, 0.2) is 15.5 Å². The first-order chi connectivity index (χ1) is 14.5. The minimum atomic E-state index is -4.24. The minimum Gasteiger partial charge on any atom is -0.452 e. The van der Waals surface area contributed by atoms with Crippen LogP contribution >= 0.6 is 0 Å². The van der Waals surface area contributed by atoms with Crippen LogP contribution in [0.3, 0.4) is 0 Å². The van der Waals surface area contributed by atoms with Gasteiger partial charge in [-0.25, -0.2) is 0 Å². The summed E-state index contributed by atoms with van der Waals surface area (Å²) in [5.41, 5.74) is 0. The second-order valence-electron chi connectivity index (χ2n) is 6.43. The number of para-hydroxylation sites is 1. The quantitative estimate of drug-likeness (QED) is 0.306. The number of benzene rings is 4. The Morgan fingerprint density at radius 1 is 0.633 bits per heavy atom. The Morgan fingerprint density at radius 2 is 1.13 bits per heavy atom. The lowest BCUT2D eigenvalue weighted by molar-refractivity contribution is 0.469. The molecule has 4 aromatic carbocycles. The Balaban J connectivity index is 1.75. The van der Waals surface area contributed by atoms with Crippen molar-refractivity contribution in [3.8, 4) is 11.5 Å². The molecule has 0 unspecified atom stereocenters. The van der Waals surface area contributed by atoms with Crippen LogP contribution in [-0.2, 0) is 21.0 Å². The maximum atomic E-state index is 11.3. The monoisotopic (exact) mass is 435 g/mol. The van der Waals surface area contributed by atoms with Crippen LogP contribution in [0.1, 0.15) is 0 Å². The molecule has 0 heterocycles. The van der Waals surface area contributed by atoms with Gasteiger partial charge in [-0.1, -0.05) is 48.5 Å². The Morgan fingerprint density at radius 3 is 1.67 bits per heavy atom. The van der Waals surface area contributed by atoms with Crippen LogP contribution < -0.4 is 4.74 Å². The first-order valence-corrected chi connectivity index (χ1v) is 11.9. The van der Waals surface area contributed by atoms with Gasteiger partial charge in [-0.3, -0.25) is 4.55 Å². The third-order valence-corrected chi connectivity index (χ3v) is 7.51. The van der Waals surface area contributed by atoms with E-state index in [-0.39, 0.29) is 15.8 Å². The fraction of sp³-hybridized carbons (Fsp3) is 0. The van der Waals surface area contributed by atoms with Gasteiger partial charge in [0.25, 0.3) is 10.1 Å². The maximum Gasteiger partial charge on any atom is 0.294 e. The third kappa shape index (κ3) is 4.57. The summed E-state index contributed by atoms with van der Waals surface area (Å²) in [6.45, 7) is 0. The summed E-state index contributed by atoms with van der Waals surface area (Å²) < 4.78 is 37.9. The molecule has 0 aliphatic rings. The molecule has 6 heteroatoms. The smallest absolute Gasteiger partial charge is 0.294 e. The molecule has 0 saturated carbocycles. The van der Waals surface area contributed by atoms with E-state index in [0.29, 0.717) is 11.5 Å².